The topological polar surface area (TPSA) is 24.4 Å². The van der Waals surface area contributed by atoms with Gasteiger partial charge in [-0.1, -0.05) is 6.08 Å². The average molecular weight is 147 g/mol. The second kappa shape index (κ2) is 7.50. The molecule has 1 rings (SSSR count). The van der Waals surface area contributed by atoms with Crippen LogP contribution in [0.25, 0.3) is 0 Å². The van der Waals surface area contributed by atoms with E-state index >= 15 is 0 Å². The van der Waals surface area contributed by atoms with Crippen molar-refractivity contribution in [3.05, 3.63) is 12.7 Å². The summed E-state index contributed by atoms with van der Waals surface area (Å²) < 4.78 is 0. The molecule has 0 atom stereocenters. The normalized spacial score (nSPS) is 13.4. The van der Waals surface area contributed by atoms with E-state index in [1.165, 1.54) is 0 Å². The zero-order valence-corrected chi connectivity index (χ0v) is 6.06. The minimum absolute atomic E-state index is 0.556. The van der Waals surface area contributed by atoms with E-state index in [2.05, 4.69) is 16.9 Å². The molecule has 0 aromatic carbocycles. The van der Waals surface area contributed by atoms with E-state index in [9.17, 15) is 0 Å². The van der Waals surface area contributed by atoms with Gasteiger partial charge in [-0.15, -0.1) is 18.2 Å². The number of alkyl halides is 1. The molecule has 1 aliphatic heterocycles. The molecule has 1 N–H and O–H groups in total. The van der Waals surface area contributed by atoms with Gasteiger partial charge in [0.1, 0.15) is 0 Å². The molecule has 0 saturated carbocycles. The zero-order chi connectivity index (χ0) is 6.95. The maximum Gasteiger partial charge on any atom is 0.0825 e. The Balaban J connectivity index is 0.000000148. The quantitative estimate of drug-likeness (QED) is 0.434. The van der Waals surface area contributed by atoms with Crippen molar-refractivity contribution in [2.75, 3.05) is 19.0 Å². The maximum absolute atomic E-state index is 5.07. The van der Waals surface area contributed by atoms with Gasteiger partial charge in [0.25, 0.3) is 0 Å². The Hall–Kier alpha value is -0.500. The Morgan fingerprint density at radius 1 is 1.89 bits per heavy atom. The van der Waals surface area contributed by atoms with E-state index in [0.29, 0.717) is 5.88 Å². The largest absolute Gasteiger partial charge is 0.375 e. The average Bonchev–Trinajstić information content (AvgIpc) is 2.43. The molecule has 0 bridgehead atoms. The highest BCUT2D eigenvalue weighted by molar-refractivity contribution is 6.18. The lowest BCUT2D eigenvalue weighted by molar-refractivity contribution is 0.965. The smallest absolute Gasteiger partial charge is 0.0825 e. The SMILES string of the molecule is C1=NCCN1.C=CCCl. The summed E-state index contributed by atoms with van der Waals surface area (Å²) in [6, 6.07) is 0. The third kappa shape index (κ3) is 7.50. The van der Waals surface area contributed by atoms with E-state index in [1.54, 1.807) is 12.4 Å². The molecule has 0 aliphatic carbocycles. The highest BCUT2D eigenvalue weighted by atomic mass is 35.5. The van der Waals surface area contributed by atoms with E-state index in [-0.39, 0.29) is 0 Å². The van der Waals surface area contributed by atoms with Gasteiger partial charge in [-0.2, -0.15) is 0 Å². The number of rotatable bonds is 1. The molecule has 0 radical (unpaired) electrons. The fourth-order valence-corrected chi connectivity index (χ4v) is 0.323. The number of halogens is 1. The van der Waals surface area contributed by atoms with Crippen molar-refractivity contribution in [2.45, 2.75) is 0 Å². The molecule has 0 saturated heterocycles. The molecule has 0 spiro atoms. The van der Waals surface area contributed by atoms with Gasteiger partial charge < -0.3 is 5.32 Å². The third-order valence-corrected chi connectivity index (χ3v) is 0.895. The van der Waals surface area contributed by atoms with Gasteiger partial charge in [0.2, 0.25) is 0 Å². The predicted octanol–water partition coefficient (Wildman–Crippen LogP) is 1.03. The van der Waals surface area contributed by atoms with Gasteiger partial charge >= 0.3 is 0 Å². The summed E-state index contributed by atoms with van der Waals surface area (Å²) >= 11 is 5.07. The number of hydrogen-bond acceptors (Lipinski definition) is 2. The van der Waals surface area contributed by atoms with Crippen molar-refractivity contribution < 1.29 is 0 Å². The molecule has 0 amide bonds. The van der Waals surface area contributed by atoms with Crippen LogP contribution in [0.4, 0.5) is 0 Å². The van der Waals surface area contributed by atoms with Gasteiger partial charge in [-0.05, 0) is 0 Å². The van der Waals surface area contributed by atoms with Gasteiger partial charge in [-0.25, -0.2) is 0 Å². The summed E-state index contributed by atoms with van der Waals surface area (Å²) in [4.78, 5) is 3.85. The van der Waals surface area contributed by atoms with Crippen molar-refractivity contribution in [2.24, 2.45) is 4.99 Å². The number of aliphatic imine (C=N–C) groups is 1. The molecular weight excluding hydrogens is 136 g/mol. The Kier molecular flexibility index (Phi) is 7.08. The van der Waals surface area contributed by atoms with E-state index in [0.717, 1.165) is 13.1 Å². The van der Waals surface area contributed by atoms with Crippen LogP contribution in [0.15, 0.2) is 17.6 Å². The molecule has 2 nitrogen and oxygen atoms in total. The van der Waals surface area contributed by atoms with Crippen molar-refractivity contribution in [3.63, 3.8) is 0 Å². The van der Waals surface area contributed by atoms with Gasteiger partial charge in [0.05, 0.1) is 12.9 Å². The van der Waals surface area contributed by atoms with Crippen LogP contribution in [0.1, 0.15) is 0 Å². The predicted molar refractivity (Wildman–Crippen MR) is 42.3 cm³/mol. The molecule has 0 fully saturated rings. The molecule has 1 aliphatic rings. The maximum atomic E-state index is 5.07. The van der Waals surface area contributed by atoms with Crippen LogP contribution >= 0.6 is 11.6 Å². The standard InChI is InChI=1S/C3H5Cl.C3H6N2/c1-2-3-4;1-2-5-3-4-1/h2H,1,3H2;3H,1-2H2,(H,4,5). The Morgan fingerprint density at radius 3 is 2.67 bits per heavy atom. The number of nitrogens with one attached hydrogen (secondary N) is 1. The number of nitrogens with zero attached hydrogens (tertiary/aromatic N) is 1. The van der Waals surface area contributed by atoms with Gasteiger partial charge in [0, 0.05) is 12.4 Å². The minimum Gasteiger partial charge on any atom is -0.375 e. The van der Waals surface area contributed by atoms with Crippen molar-refractivity contribution in [1.29, 1.82) is 0 Å². The van der Waals surface area contributed by atoms with Crippen LogP contribution in [0, 0.1) is 0 Å². The fraction of sp³-hybridized carbons (Fsp3) is 0.500. The lowest BCUT2D eigenvalue weighted by Gasteiger charge is -1.75. The summed E-state index contributed by atoms with van der Waals surface area (Å²) in [5.74, 6) is 0.556. The van der Waals surface area contributed by atoms with E-state index < -0.39 is 0 Å². The van der Waals surface area contributed by atoms with Gasteiger partial charge in [-0.3, -0.25) is 4.99 Å². The summed E-state index contributed by atoms with van der Waals surface area (Å²) in [6.45, 7) is 5.33. The Labute approximate surface area is 60.6 Å². The van der Waals surface area contributed by atoms with Crippen LogP contribution in [-0.4, -0.2) is 25.3 Å². The monoisotopic (exact) mass is 146 g/mol. The van der Waals surface area contributed by atoms with Crippen LogP contribution in [0.2, 0.25) is 0 Å². The van der Waals surface area contributed by atoms with E-state index in [1.807, 2.05) is 0 Å². The fourth-order valence-electron chi connectivity index (χ4n) is 0.323. The summed E-state index contributed by atoms with van der Waals surface area (Å²) in [5.41, 5.74) is 0. The van der Waals surface area contributed by atoms with Gasteiger partial charge in [0.15, 0.2) is 0 Å². The first kappa shape index (κ1) is 8.50. The van der Waals surface area contributed by atoms with Crippen molar-refractivity contribution in [3.8, 4) is 0 Å². The molecule has 52 valence electrons. The second-order valence-corrected chi connectivity index (χ2v) is 1.74. The van der Waals surface area contributed by atoms with Crippen molar-refractivity contribution in [1.82, 2.24) is 5.32 Å². The van der Waals surface area contributed by atoms with Crippen LogP contribution in [-0.2, 0) is 0 Å². The Bertz CT molecular complexity index is 85.1. The zero-order valence-electron chi connectivity index (χ0n) is 5.31. The highest BCUT2D eigenvalue weighted by Crippen LogP contribution is 1.68. The summed E-state index contributed by atoms with van der Waals surface area (Å²) in [5, 5.41) is 2.93. The molecule has 9 heavy (non-hydrogen) atoms. The first-order chi connectivity index (χ1) is 4.41. The molecular formula is C6H11ClN2. The molecule has 0 unspecified atom stereocenters. The first-order valence-electron chi connectivity index (χ1n) is 2.80. The van der Waals surface area contributed by atoms with Crippen LogP contribution < -0.4 is 5.32 Å². The van der Waals surface area contributed by atoms with Crippen LogP contribution in [0.5, 0.6) is 0 Å². The number of hydrogen-bond donors (Lipinski definition) is 1. The third-order valence-electron chi connectivity index (χ3n) is 0.677. The molecule has 0 aromatic heterocycles. The highest BCUT2D eigenvalue weighted by Gasteiger charge is 1.82. The Morgan fingerprint density at radius 2 is 2.56 bits per heavy atom. The molecule has 0 aromatic rings. The molecule has 1 heterocycles. The minimum atomic E-state index is 0.556. The van der Waals surface area contributed by atoms with E-state index in [4.69, 9.17) is 11.6 Å². The van der Waals surface area contributed by atoms with Crippen molar-refractivity contribution >= 4 is 17.9 Å². The number of allylic oxidation sites excluding steroid dienone is 1. The lowest BCUT2D eigenvalue weighted by atomic mass is 10.7. The van der Waals surface area contributed by atoms with Crippen LogP contribution in [0.3, 0.4) is 0 Å². The first-order valence-corrected chi connectivity index (χ1v) is 3.33. The summed E-state index contributed by atoms with van der Waals surface area (Å²) in [7, 11) is 0. The lowest BCUT2D eigenvalue weighted by Crippen LogP contribution is -2.04. The summed E-state index contributed by atoms with van der Waals surface area (Å²) in [6.07, 6.45) is 3.38. The second-order valence-electron chi connectivity index (χ2n) is 1.43. The molecule has 3 heteroatoms.